The van der Waals surface area contributed by atoms with E-state index in [1.54, 1.807) is 31.5 Å². The summed E-state index contributed by atoms with van der Waals surface area (Å²) in [6, 6.07) is 9.72. The smallest absolute Gasteiger partial charge is 0.292 e. The molecule has 2 aromatic heterocycles. The Balaban J connectivity index is 1.76. The number of hydrogen-bond acceptors (Lipinski definition) is 7. The molecule has 0 aliphatic carbocycles. The summed E-state index contributed by atoms with van der Waals surface area (Å²) in [4.78, 5) is 27.1. The Labute approximate surface area is 165 Å². The van der Waals surface area contributed by atoms with Crippen molar-refractivity contribution in [2.75, 3.05) is 5.32 Å². The van der Waals surface area contributed by atoms with Crippen molar-refractivity contribution < 1.29 is 9.72 Å². The largest absolute Gasteiger partial charge is 0.319 e. The Hall–Kier alpha value is -3.27. The molecule has 1 aromatic carbocycles. The number of nitrogens with zero attached hydrogens (tertiary/aromatic N) is 5. The maximum absolute atomic E-state index is 12.5. The van der Waals surface area contributed by atoms with Crippen LogP contribution in [0.1, 0.15) is 13.8 Å². The second kappa shape index (κ2) is 8.61. The van der Waals surface area contributed by atoms with Crippen LogP contribution in [0, 0.1) is 10.1 Å². The van der Waals surface area contributed by atoms with Crippen LogP contribution < -0.4 is 5.32 Å². The fourth-order valence-corrected chi connectivity index (χ4v) is 3.47. The van der Waals surface area contributed by atoms with Crippen LogP contribution in [-0.4, -0.2) is 35.8 Å². The molecule has 3 rings (SSSR count). The van der Waals surface area contributed by atoms with Crippen LogP contribution in [0.4, 0.5) is 11.4 Å². The van der Waals surface area contributed by atoms with Crippen LogP contribution >= 0.6 is 11.8 Å². The van der Waals surface area contributed by atoms with Crippen LogP contribution in [-0.2, 0) is 11.3 Å². The van der Waals surface area contributed by atoms with Crippen molar-refractivity contribution in [3.63, 3.8) is 0 Å². The molecule has 0 aliphatic rings. The van der Waals surface area contributed by atoms with Crippen molar-refractivity contribution in [1.82, 2.24) is 19.7 Å². The van der Waals surface area contributed by atoms with Gasteiger partial charge in [-0.15, -0.1) is 10.2 Å². The van der Waals surface area contributed by atoms with E-state index < -0.39 is 10.2 Å². The Bertz CT molecular complexity index is 992. The predicted molar refractivity (Wildman–Crippen MR) is 106 cm³/mol. The van der Waals surface area contributed by atoms with Gasteiger partial charge in [-0.05, 0) is 32.0 Å². The zero-order valence-corrected chi connectivity index (χ0v) is 16.1. The van der Waals surface area contributed by atoms with Crippen molar-refractivity contribution in [3.05, 3.63) is 58.9 Å². The minimum absolute atomic E-state index is 0.148. The number of amides is 1. The molecule has 9 nitrogen and oxygen atoms in total. The number of para-hydroxylation sites is 2. The van der Waals surface area contributed by atoms with Crippen molar-refractivity contribution in [2.24, 2.45) is 0 Å². The summed E-state index contributed by atoms with van der Waals surface area (Å²) in [6.07, 6.45) is 3.36. The van der Waals surface area contributed by atoms with Gasteiger partial charge >= 0.3 is 0 Å². The first-order valence-electron chi connectivity index (χ1n) is 8.55. The van der Waals surface area contributed by atoms with Gasteiger partial charge in [-0.2, -0.15) is 0 Å². The molecule has 1 N–H and O–H groups in total. The molecule has 0 aliphatic heterocycles. The molecule has 2 heterocycles. The van der Waals surface area contributed by atoms with E-state index >= 15 is 0 Å². The SMILES string of the molecule is CCn1c(S[C@@H](C)C(=O)Nc2ccccc2[N+](=O)[O-])nnc1-c1ccncc1. The van der Waals surface area contributed by atoms with Gasteiger partial charge in [-0.3, -0.25) is 19.9 Å². The zero-order chi connectivity index (χ0) is 20.1. The summed E-state index contributed by atoms with van der Waals surface area (Å²) in [5.74, 6) is 0.342. The lowest BCUT2D eigenvalue weighted by Crippen LogP contribution is -2.23. The third kappa shape index (κ3) is 4.17. The quantitative estimate of drug-likeness (QED) is 0.368. The van der Waals surface area contributed by atoms with Crippen molar-refractivity contribution >= 4 is 29.0 Å². The molecule has 1 atom stereocenters. The lowest BCUT2D eigenvalue weighted by atomic mass is 10.2. The van der Waals surface area contributed by atoms with E-state index in [-0.39, 0.29) is 17.3 Å². The third-order valence-corrected chi connectivity index (χ3v) is 5.06. The normalized spacial score (nSPS) is 11.8. The maximum Gasteiger partial charge on any atom is 0.292 e. The van der Waals surface area contributed by atoms with Crippen LogP contribution in [0.15, 0.2) is 53.9 Å². The van der Waals surface area contributed by atoms with Gasteiger partial charge in [0.15, 0.2) is 11.0 Å². The molecule has 0 saturated heterocycles. The molecular weight excluding hydrogens is 380 g/mol. The number of aromatic nitrogens is 4. The van der Waals surface area contributed by atoms with Gasteiger partial charge < -0.3 is 9.88 Å². The van der Waals surface area contributed by atoms with E-state index in [0.717, 1.165) is 5.56 Å². The van der Waals surface area contributed by atoms with Gasteiger partial charge in [0.25, 0.3) is 5.69 Å². The highest BCUT2D eigenvalue weighted by Gasteiger charge is 2.22. The van der Waals surface area contributed by atoms with Gasteiger partial charge in [0.05, 0.1) is 10.2 Å². The number of nitro benzene ring substituents is 1. The van der Waals surface area contributed by atoms with E-state index in [2.05, 4.69) is 20.5 Å². The molecule has 28 heavy (non-hydrogen) atoms. The zero-order valence-electron chi connectivity index (χ0n) is 15.3. The summed E-state index contributed by atoms with van der Waals surface area (Å²) in [6.45, 7) is 4.32. The number of benzene rings is 1. The summed E-state index contributed by atoms with van der Waals surface area (Å²) < 4.78 is 1.91. The number of pyridine rings is 1. The lowest BCUT2D eigenvalue weighted by molar-refractivity contribution is -0.383. The summed E-state index contributed by atoms with van der Waals surface area (Å²) in [5.41, 5.74) is 0.900. The van der Waals surface area contributed by atoms with E-state index in [1.165, 1.54) is 23.9 Å². The van der Waals surface area contributed by atoms with Gasteiger partial charge in [0, 0.05) is 30.6 Å². The fraction of sp³-hybridized carbons (Fsp3) is 0.222. The third-order valence-electron chi connectivity index (χ3n) is 3.98. The highest BCUT2D eigenvalue weighted by Crippen LogP contribution is 2.28. The first-order valence-corrected chi connectivity index (χ1v) is 9.43. The highest BCUT2D eigenvalue weighted by molar-refractivity contribution is 8.00. The van der Waals surface area contributed by atoms with Crippen LogP contribution in [0.2, 0.25) is 0 Å². The molecule has 0 radical (unpaired) electrons. The number of carbonyl (C=O) groups is 1. The lowest BCUT2D eigenvalue weighted by Gasteiger charge is -2.13. The number of hydrogen-bond donors (Lipinski definition) is 1. The number of thioether (sulfide) groups is 1. The topological polar surface area (TPSA) is 116 Å². The first kappa shape index (κ1) is 19.5. The Morgan fingerprint density at radius 1 is 1.25 bits per heavy atom. The van der Waals surface area contributed by atoms with Gasteiger partial charge in [0.1, 0.15) is 5.69 Å². The average molecular weight is 398 g/mol. The molecule has 0 spiro atoms. The van der Waals surface area contributed by atoms with Crippen molar-refractivity contribution in [1.29, 1.82) is 0 Å². The molecule has 1 amide bonds. The van der Waals surface area contributed by atoms with Gasteiger partial charge in [-0.25, -0.2) is 0 Å². The second-order valence-corrected chi connectivity index (χ2v) is 7.12. The van der Waals surface area contributed by atoms with Crippen molar-refractivity contribution in [2.45, 2.75) is 30.8 Å². The Kier molecular flexibility index (Phi) is 5.99. The molecular formula is C18H18N6O3S. The molecule has 0 unspecified atom stereocenters. The number of nitrogens with one attached hydrogen (secondary N) is 1. The monoisotopic (exact) mass is 398 g/mol. The minimum Gasteiger partial charge on any atom is -0.319 e. The van der Waals surface area contributed by atoms with Crippen molar-refractivity contribution in [3.8, 4) is 11.4 Å². The standard InChI is InChI=1S/C18H18N6O3S/c1-3-23-16(13-8-10-19-11-9-13)21-22-18(23)28-12(2)17(25)20-14-6-4-5-7-15(14)24(26)27/h4-12H,3H2,1-2H3,(H,20,25)/t12-/m0/s1. The summed E-state index contributed by atoms with van der Waals surface area (Å²) in [5, 5.41) is 22.2. The fourth-order valence-electron chi connectivity index (χ4n) is 2.56. The number of carbonyl (C=O) groups excluding carboxylic acids is 1. The van der Waals surface area contributed by atoms with E-state index in [1.807, 2.05) is 23.6 Å². The molecule has 10 heteroatoms. The van der Waals surface area contributed by atoms with Gasteiger partial charge in [0.2, 0.25) is 5.91 Å². The van der Waals surface area contributed by atoms with E-state index in [4.69, 9.17) is 0 Å². The average Bonchev–Trinajstić information content (AvgIpc) is 3.11. The predicted octanol–water partition coefficient (Wildman–Crippen LogP) is 3.39. The van der Waals surface area contributed by atoms with Crippen LogP contribution in [0.3, 0.4) is 0 Å². The molecule has 0 saturated carbocycles. The summed E-state index contributed by atoms with van der Waals surface area (Å²) in [7, 11) is 0. The van der Waals surface area contributed by atoms with E-state index in [9.17, 15) is 14.9 Å². The second-order valence-electron chi connectivity index (χ2n) is 5.81. The number of rotatable bonds is 7. The van der Waals surface area contributed by atoms with Crippen LogP contribution in [0.5, 0.6) is 0 Å². The number of nitro groups is 1. The first-order chi connectivity index (χ1) is 13.5. The molecule has 0 bridgehead atoms. The maximum atomic E-state index is 12.5. The van der Waals surface area contributed by atoms with E-state index in [0.29, 0.717) is 17.5 Å². The molecule has 3 aromatic rings. The summed E-state index contributed by atoms with van der Waals surface area (Å²) >= 11 is 1.24. The molecule has 144 valence electrons. The van der Waals surface area contributed by atoms with Gasteiger partial charge in [-0.1, -0.05) is 23.9 Å². The minimum atomic E-state index is -0.528. The number of anilines is 1. The molecule has 0 fully saturated rings. The Morgan fingerprint density at radius 2 is 1.96 bits per heavy atom. The van der Waals surface area contributed by atoms with Crippen LogP contribution in [0.25, 0.3) is 11.4 Å². The Morgan fingerprint density at radius 3 is 2.64 bits per heavy atom. The highest BCUT2D eigenvalue weighted by atomic mass is 32.2.